The number of sulfonamides is 1. The molecule has 2 aliphatic rings. The highest BCUT2D eigenvalue weighted by atomic mass is 32.2. The normalized spacial score (nSPS) is 23.3. The zero-order chi connectivity index (χ0) is 23.7. The third-order valence-electron chi connectivity index (χ3n) is 6.36. The predicted octanol–water partition coefficient (Wildman–Crippen LogP) is 5.12. The largest absolute Gasteiger partial charge is 0.432 e. The molecule has 7 nitrogen and oxygen atoms in total. The van der Waals surface area contributed by atoms with E-state index in [-0.39, 0.29) is 16.9 Å². The summed E-state index contributed by atoms with van der Waals surface area (Å²) < 4.78 is 39.6. The van der Waals surface area contributed by atoms with Gasteiger partial charge in [0.15, 0.2) is 6.10 Å². The van der Waals surface area contributed by atoms with Gasteiger partial charge in [-0.1, -0.05) is 57.8 Å². The maximum Gasteiger partial charge on any atom is 0.337 e. The molecule has 33 heavy (non-hydrogen) atoms. The maximum atomic E-state index is 13.0. The third-order valence-corrected chi connectivity index (χ3v) is 7.90. The summed E-state index contributed by atoms with van der Waals surface area (Å²) in [5.74, 6) is -1.22. The molecular formula is C25H40N2O5S. The van der Waals surface area contributed by atoms with Gasteiger partial charge < -0.3 is 14.8 Å². The molecule has 0 spiro atoms. The molecule has 1 heterocycles. The quantitative estimate of drug-likeness (QED) is 0.526. The highest BCUT2D eigenvalue weighted by Gasteiger charge is 2.40. The first kappa shape index (κ1) is 26.0. The molecule has 0 unspecified atom stereocenters. The van der Waals surface area contributed by atoms with Gasteiger partial charge in [0.1, 0.15) is 0 Å². The van der Waals surface area contributed by atoms with Crippen LogP contribution in [-0.2, 0) is 24.3 Å². The molecule has 3 rings (SSSR count). The third kappa shape index (κ3) is 8.58. The van der Waals surface area contributed by atoms with Crippen molar-refractivity contribution < 1.29 is 22.7 Å². The second kappa shape index (κ2) is 12.2. The Labute approximate surface area is 199 Å². The number of esters is 1. The summed E-state index contributed by atoms with van der Waals surface area (Å²) in [7, 11) is -3.55. The van der Waals surface area contributed by atoms with E-state index in [4.69, 9.17) is 9.47 Å². The standard InChI is InChI=1S/C25H40N2O5S/c1-25(2)31-23(24(28)32-25)18-19-26-20-14-16-22(17-15-20)33(29,30)27-21-12-10-8-6-4-3-5-7-9-11-13-21/h14-17,21,23,26-27H,3-13,18-19H2,1-2H3/t23-/m1/s1. The van der Waals surface area contributed by atoms with Crippen LogP contribution in [0, 0.1) is 0 Å². The minimum atomic E-state index is -3.55. The van der Waals surface area contributed by atoms with Crippen LogP contribution in [0.4, 0.5) is 5.69 Å². The predicted molar refractivity (Wildman–Crippen MR) is 129 cm³/mol. The van der Waals surface area contributed by atoms with Crippen molar-refractivity contribution >= 4 is 21.7 Å². The van der Waals surface area contributed by atoms with E-state index in [1.165, 1.54) is 44.9 Å². The fourth-order valence-electron chi connectivity index (χ4n) is 4.57. The molecule has 1 saturated carbocycles. The van der Waals surface area contributed by atoms with Crippen LogP contribution in [0.5, 0.6) is 0 Å². The summed E-state index contributed by atoms with van der Waals surface area (Å²) >= 11 is 0. The van der Waals surface area contributed by atoms with Gasteiger partial charge in [0, 0.05) is 38.5 Å². The SMILES string of the molecule is CC1(C)OC(=O)[C@@H](CCNc2ccc(S(=O)(=O)NC3CCCCCCCCCCC3)cc2)O1. The summed E-state index contributed by atoms with van der Waals surface area (Å²) in [6, 6.07) is 6.77. The smallest absolute Gasteiger partial charge is 0.337 e. The van der Waals surface area contributed by atoms with Crippen molar-refractivity contribution in [2.75, 3.05) is 11.9 Å². The van der Waals surface area contributed by atoms with E-state index >= 15 is 0 Å². The lowest BCUT2D eigenvalue weighted by Crippen LogP contribution is -2.35. The molecule has 1 aliphatic heterocycles. The number of benzene rings is 1. The number of carbonyl (C=O) groups excluding carboxylic acids is 1. The first-order valence-corrected chi connectivity index (χ1v) is 14.0. The van der Waals surface area contributed by atoms with Crippen molar-refractivity contribution in [3.05, 3.63) is 24.3 Å². The van der Waals surface area contributed by atoms with Gasteiger partial charge in [0.25, 0.3) is 0 Å². The number of nitrogens with one attached hydrogen (secondary N) is 2. The zero-order valence-electron chi connectivity index (χ0n) is 20.1. The Bertz CT molecular complexity index is 842. The molecule has 0 bridgehead atoms. The Morgan fingerprint density at radius 3 is 1.97 bits per heavy atom. The van der Waals surface area contributed by atoms with E-state index in [0.29, 0.717) is 13.0 Å². The number of hydrogen-bond acceptors (Lipinski definition) is 6. The highest BCUT2D eigenvalue weighted by molar-refractivity contribution is 7.89. The molecule has 1 aromatic rings. The number of anilines is 1. The average Bonchev–Trinajstić information content (AvgIpc) is 3.01. The second-order valence-electron chi connectivity index (χ2n) is 9.74. The van der Waals surface area contributed by atoms with Crippen molar-refractivity contribution in [1.29, 1.82) is 0 Å². The zero-order valence-corrected chi connectivity index (χ0v) is 20.9. The van der Waals surface area contributed by atoms with Gasteiger partial charge >= 0.3 is 5.97 Å². The number of cyclic esters (lactones) is 1. The summed E-state index contributed by atoms with van der Waals surface area (Å²) in [5.41, 5.74) is 0.797. The maximum absolute atomic E-state index is 13.0. The molecule has 1 saturated heterocycles. The molecule has 1 aromatic carbocycles. The van der Waals surface area contributed by atoms with Crippen molar-refractivity contribution in [3.8, 4) is 0 Å². The lowest BCUT2D eigenvalue weighted by molar-refractivity contribution is -0.160. The van der Waals surface area contributed by atoms with Gasteiger partial charge in [-0.05, 0) is 37.1 Å². The van der Waals surface area contributed by atoms with Crippen LogP contribution >= 0.6 is 0 Å². The molecule has 2 fully saturated rings. The minimum Gasteiger partial charge on any atom is -0.432 e. The summed E-state index contributed by atoms with van der Waals surface area (Å²) in [6.07, 6.45) is 12.6. The fraction of sp³-hybridized carbons (Fsp3) is 0.720. The lowest BCUT2D eigenvalue weighted by atomic mass is 9.98. The Kier molecular flexibility index (Phi) is 9.58. The number of rotatable bonds is 7. The molecular weight excluding hydrogens is 440 g/mol. The van der Waals surface area contributed by atoms with Crippen LogP contribution in [0.15, 0.2) is 29.2 Å². The summed E-state index contributed by atoms with van der Waals surface area (Å²) in [4.78, 5) is 12.1. The monoisotopic (exact) mass is 480 g/mol. The van der Waals surface area contributed by atoms with Gasteiger partial charge in [0.2, 0.25) is 15.8 Å². The molecule has 1 atom stereocenters. The first-order chi connectivity index (χ1) is 15.8. The van der Waals surface area contributed by atoms with E-state index in [1.807, 2.05) is 0 Å². The van der Waals surface area contributed by atoms with E-state index in [0.717, 1.165) is 31.4 Å². The lowest BCUT2D eigenvalue weighted by Gasteiger charge is -2.20. The average molecular weight is 481 g/mol. The van der Waals surface area contributed by atoms with Crippen molar-refractivity contribution in [2.45, 2.75) is 114 Å². The molecule has 186 valence electrons. The topological polar surface area (TPSA) is 93.7 Å². The van der Waals surface area contributed by atoms with E-state index < -0.39 is 21.9 Å². The van der Waals surface area contributed by atoms with Crippen molar-refractivity contribution in [2.24, 2.45) is 0 Å². The van der Waals surface area contributed by atoms with Crippen LogP contribution < -0.4 is 10.0 Å². The molecule has 0 amide bonds. The number of ether oxygens (including phenoxy) is 2. The van der Waals surface area contributed by atoms with Crippen LogP contribution in [0.25, 0.3) is 0 Å². The van der Waals surface area contributed by atoms with Gasteiger partial charge in [-0.2, -0.15) is 0 Å². The van der Waals surface area contributed by atoms with E-state index in [1.54, 1.807) is 38.1 Å². The highest BCUT2D eigenvalue weighted by Crippen LogP contribution is 2.25. The summed E-state index contributed by atoms with van der Waals surface area (Å²) in [6.45, 7) is 3.95. The van der Waals surface area contributed by atoms with Crippen LogP contribution in [0.1, 0.15) is 90.9 Å². The van der Waals surface area contributed by atoms with Crippen LogP contribution in [0.2, 0.25) is 0 Å². The van der Waals surface area contributed by atoms with Gasteiger partial charge in [0.05, 0.1) is 4.90 Å². The molecule has 0 radical (unpaired) electrons. The van der Waals surface area contributed by atoms with Crippen LogP contribution in [0.3, 0.4) is 0 Å². The fourth-order valence-corrected chi connectivity index (χ4v) is 5.87. The van der Waals surface area contributed by atoms with E-state index in [9.17, 15) is 13.2 Å². The first-order valence-electron chi connectivity index (χ1n) is 12.5. The Hall–Kier alpha value is -1.64. The van der Waals surface area contributed by atoms with Crippen LogP contribution in [-0.4, -0.2) is 38.9 Å². The van der Waals surface area contributed by atoms with Gasteiger partial charge in [-0.25, -0.2) is 17.9 Å². The Balaban J connectivity index is 1.50. The second-order valence-corrected chi connectivity index (χ2v) is 11.5. The Morgan fingerprint density at radius 1 is 0.909 bits per heavy atom. The number of hydrogen-bond donors (Lipinski definition) is 2. The van der Waals surface area contributed by atoms with Crippen molar-refractivity contribution in [3.63, 3.8) is 0 Å². The number of carbonyl (C=O) groups is 1. The van der Waals surface area contributed by atoms with E-state index in [2.05, 4.69) is 10.0 Å². The molecule has 2 N–H and O–H groups in total. The van der Waals surface area contributed by atoms with Crippen molar-refractivity contribution in [1.82, 2.24) is 4.72 Å². The minimum absolute atomic E-state index is 0.00245. The van der Waals surface area contributed by atoms with Gasteiger partial charge in [-0.15, -0.1) is 0 Å². The Morgan fingerprint density at radius 2 is 1.45 bits per heavy atom. The molecule has 8 heteroatoms. The van der Waals surface area contributed by atoms with Gasteiger partial charge in [-0.3, -0.25) is 0 Å². The molecule has 1 aliphatic carbocycles. The molecule has 0 aromatic heterocycles. The summed E-state index contributed by atoms with van der Waals surface area (Å²) in [5, 5.41) is 3.22.